The minimum absolute atomic E-state index is 0.117. The number of ether oxygens (including phenoxy) is 6. The molecular formula is C32H37NO9. The lowest BCUT2D eigenvalue weighted by Crippen LogP contribution is -2.43. The second-order valence-electron chi connectivity index (χ2n) is 9.85. The van der Waals surface area contributed by atoms with Gasteiger partial charge in [-0.2, -0.15) is 0 Å². The lowest BCUT2D eigenvalue weighted by Gasteiger charge is -2.39. The van der Waals surface area contributed by atoms with Crippen molar-refractivity contribution in [2.24, 2.45) is 5.92 Å². The molecule has 0 unspecified atom stereocenters. The predicted octanol–water partition coefficient (Wildman–Crippen LogP) is 4.43. The number of hydrogen-bond acceptors (Lipinski definition) is 10. The highest BCUT2D eigenvalue weighted by molar-refractivity contribution is 6.13. The fraction of sp³-hybridized carbons (Fsp3) is 0.406. The fourth-order valence-electron chi connectivity index (χ4n) is 5.78. The van der Waals surface area contributed by atoms with Gasteiger partial charge in [-0.05, 0) is 62.6 Å². The molecule has 42 heavy (non-hydrogen) atoms. The number of rotatable bonds is 10. The molecule has 3 atom stereocenters. The molecule has 1 aliphatic carbocycles. The summed E-state index contributed by atoms with van der Waals surface area (Å²) in [6, 6.07) is 10.7. The second kappa shape index (κ2) is 13.0. The van der Waals surface area contributed by atoms with Gasteiger partial charge in [-0.1, -0.05) is 12.1 Å². The fourth-order valence-corrected chi connectivity index (χ4v) is 5.78. The van der Waals surface area contributed by atoms with Crippen LogP contribution in [0.25, 0.3) is 0 Å². The van der Waals surface area contributed by atoms with E-state index in [1.54, 1.807) is 52.1 Å². The summed E-state index contributed by atoms with van der Waals surface area (Å²) in [5.41, 5.74) is 3.04. The Morgan fingerprint density at radius 3 is 2.00 bits per heavy atom. The molecule has 0 aromatic heterocycles. The zero-order valence-corrected chi connectivity index (χ0v) is 25.0. The average Bonchev–Trinajstić information content (AvgIpc) is 2.99. The van der Waals surface area contributed by atoms with E-state index in [4.69, 9.17) is 28.4 Å². The van der Waals surface area contributed by atoms with Crippen molar-refractivity contribution in [3.05, 3.63) is 70.1 Å². The minimum atomic E-state index is -1.13. The second-order valence-corrected chi connectivity index (χ2v) is 9.85. The van der Waals surface area contributed by atoms with Crippen LogP contribution in [0.4, 0.5) is 0 Å². The van der Waals surface area contributed by atoms with Gasteiger partial charge in [0.25, 0.3) is 0 Å². The molecule has 2 aliphatic rings. The van der Waals surface area contributed by atoms with E-state index < -0.39 is 35.5 Å². The summed E-state index contributed by atoms with van der Waals surface area (Å²) in [4.78, 5) is 41.4. The topological polar surface area (TPSA) is 119 Å². The van der Waals surface area contributed by atoms with Gasteiger partial charge < -0.3 is 33.7 Å². The van der Waals surface area contributed by atoms with Crippen LogP contribution < -0.4 is 24.3 Å². The molecule has 0 bridgehead atoms. The third-order valence-electron chi connectivity index (χ3n) is 7.62. The van der Waals surface area contributed by atoms with Crippen molar-refractivity contribution in [3.8, 4) is 23.0 Å². The average molecular weight is 580 g/mol. The van der Waals surface area contributed by atoms with Crippen molar-refractivity contribution in [2.45, 2.75) is 39.0 Å². The Hall–Kier alpha value is -4.47. The lowest BCUT2D eigenvalue weighted by atomic mass is 9.67. The number of hydrogen-bond donors (Lipinski definition) is 1. The summed E-state index contributed by atoms with van der Waals surface area (Å²) in [7, 11) is 6.05. The minimum Gasteiger partial charge on any atom is -0.497 e. The van der Waals surface area contributed by atoms with Crippen LogP contribution in [0.5, 0.6) is 23.0 Å². The van der Waals surface area contributed by atoms with Crippen LogP contribution in [0.1, 0.15) is 50.2 Å². The Bertz CT molecular complexity index is 1400. The van der Waals surface area contributed by atoms with E-state index in [2.05, 4.69) is 5.32 Å². The van der Waals surface area contributed by atoms with Crippen molar-refractivity contribution >= 4 is 17.7 Å². The first-order chi connectivity index (χ1) is 20.2. The number of methoxy groups -OCH3 is 4. The van der Waals surface area contributed by atoms with Gasteiger partial charge in [0.15, 0.2) is 17.3 Å². The van der Waals surface area contributed by atoms with E-state index in [0.29, 0.717) is 51.9 Å². The van der Waals surface area contributed by atoms with Crippen LogP contribution in [0.3, 0.4) is 0 Å². The Labute approximate surface area is 245 Å². The zero-order valence-electron chi connectivity index (χ0n) is 25.0. The highest BCUT2D eigenvalue weighted by Gasteiger charge is 2.49. The molecule has 0 spiro atoms. The summed E-state index contributed by atoms with van der Waals surface area (Å²) in [5, 5.41) is 3.30. The number of ketones is 1. The molecule has 0 radical (unpaired) electrons. The number of allylic oxidation sites excluding steroid dienone is 3. The Morgan fingerprint density at radius 2 is 1.48 bits per heavy atom. The lowest BCUT2D eigenvalue weighted by molar-refractivity contribution is -0.152. The molecule has 0 saturated carbocycles. The molecule has 10 nitrogen and oxygen atoms in total. The van der Waals surface area contributed by atoms with E-state index in [-0.39, 0.29) is 18.8 Å². The van der Waals surface area contributed by atoms with E-state index in [1.165, 1.54) is 21.3 Å². The van der Waals surface area contributed by atoms with Crippen LogP contribution in [-0.2, 0) is 23.9 Å². The van der Waals surface area contributed by atoms with Crippen LogP contribution >= 0.6 is 0 Å². The maximum atomic E-state index is 14.5. The van der Waals surface area contributed by atoms with Gasteiger partial charge in [-0.25, -0.2) is 4.79 Å². The molecule has 10 heteroatoms. The largest absolute Gasteiger partial charge is 0.497 e. The number of nitrogens with one attached hydrogen (secondary N) is 1. The quantitative estimate of drug-likeness (QED) is 0.320. The summed E-state index contributed by atoms with van der Waals surface area (Å²) < 4.78 is 32.8. The number of dihydropyridines is 1. The molecule has 0 fully saturated rings. The smallest absolute Gasteiger partial charge is 0.336 e. The number of esters is 2. The molecule has 1 aliphatic heterocycles. The number of carbonyl (C=O) groups is 3. The SMILES string of the molecule is CCOC(=O)C1=C(C)NC2=C(C(=O)[C@H](C(=O)OCC)[C@@H](c3ccc(OC)cc3)C2)[C@@H]1c1cc(OC)c(OC)c(OC)c1. The van der Waals surface area contributed by atoms with E-state index in [0.717, 1.165) is 5.56 Å². The zero-order chi connectivity index (χ0) is 30.6. The van der Waals surface area contributed by atoms with Crippen molar-refractivity contribution in [2.75, 3.05) is 41.7 Å². The van der Waals surface area contributed by atoms with Crippen molar-refractivity contribution < 1.29 is 42.8 Å². The molecule has 0 amide bonds. The van der Waals surface area contributed by atoms with Gasteiger partial charge >= 0.3 is 11.9 Å². The van der Waals surface area contributed by atoms with E-state index in [9.17, 15) is 14.4 Å². The summed E-state index contributed by atoms with van der Waals surface area (Å²) >= 11 is 0. The van der Waals surface area contributed by atoms with Crippen LogP contribution in [-0.4, -0.2) is 59.4 Å². The van der Waals surface area contributed by atoms with E-state index in [1.807, 2.05) is 12.1 Å². The van der Waals surface area contributed by atoms with Crippen LogP contribution in [0.2, 0.25) is 0 Å². The first-order valence-electron chi connectivity index (χ1n) is 13.8. The van der Waals surface area contributed by atoms with Gasteiger partial charge in [0, 0.05) is 28.8 Å². The first kappa shape index (κ1) is 30.5. The Kier molecular flexibility index (Phi) is 9.45. The van der Waals surface area contributed by atoms with Gasteiger partial charge in [-0.3, -0.25) is 9.59 Å². The van der Waals surface area contributed by atoms with Crippen LogP contribution in [0, 0.1) is 5.92 Å². The van der Waals surface area contributed by atoms with Gasteiger partial charge in [0.05, 0.1) is 47.2 Å². The molecule has 1 N–H and O–H groups in total. The maximum Gasteiger partial charge on any atom is 0.336 e. The predicted molar refractivity (Wildman–Crippen MR) is 154 cm³/mol. The third kappa shape index (κ3) is 5.53. The number of Topliss-reactive ketones (excluding diaryl/α,β-unsaturated/α-hetero) is 1. The molecule has 224 valence electrons. The maximum absolute atomic E-state index is 14.5. The summed E-state index contributed by atoms with van der Waals surface area (Å²) in [6.07, 6.45) is 0.325. The van der Waals surface area contributed by atoms with Gasteiger partial charge in [0.2, 0.25) is 5.75 Å². The number of carbonyl (C=O) groups excluding carboxylic acids is 3. The van der Waals surface area contributed by atoms with E-state index >= 15 is 0 Å². The molecule has 0 saturated heterocycles. The normalized spacial score (nSPS) is 19.9. The van der Waals surface area contributed by atoms with Gasteiger partial charge in [0.1, 0.15) is 11.7 Å². The Balaban J connectivity index is 1.96. The van der Waals surface area contributed by atoms with Crippen molar-refractivity contribution in [1.82, 2.24) is 5.32 Å². The van der Waals surface area contributed by atoms with Gasteiger partial charge in [-0.15, -0.1) is 0 Å². The Morgan fingerprint density at radius 1 is 0.857 bits per heavy atom. The summed E-state index contributed by atoms with van der Waals surface area (Å²) in [5.74, 6) is -2.42. The highest BCUT2D eigenvalue weighted by atomic mass is 16.5. The molecule has 4 rings (SSSR count). The molecule has 1 heterocycles. The molecule has 2 aromatic rings. The standard InChI is InChI=1S/C32H37NO9/c1-8-41-31(35)25-17(3)33-22-16-21(18-10-12-20(37-4)13-11-18)27(32(36)42-9-2)29(34)28(22)26(25)19-14-23(38-5)30(40-7)24(15-19)39-6/h10-15,21,26-27,33H,8-9,16H2,1-7H3/t21-,26-,27-/m1/s1. The van der Waals surface area contributed by atoms with Crippen molar-refractivity contribution in [3.63, 3.8) is 0 Å². The highest BCUT2D eigenvalue weighted by Crippen LogP contribution is 2.50. The first-order valence-corrected chi connectivity index (χ1v) is 13.8. The molecular weight excluding hydrogens is 542 g/mol. The number of benzene rings is 2. The van der Waals surface area contributed by atoms with Crippen LogP contribution in [0.15, 0.2) is 58.9 Å². The van der Waals surface area contributed by atoms with Crippen molar-refractivity contribution in [1.29, 1.82) is 0 Å². The third-order valence-corrected chi connectivity index (χ3v) is 7.62. The molecule has 2 aromatic carbocycles. The monoisotopic (exact) mass is 579 g/mol. The summed E-state index contributed by atoms with van der Waals surface area (Å²) in [6.45, 7) is 5.44.